The molecule has 2 aromatic carbocycles. The van der Waals surface area contributed by atoms with E-state index in [1.165, 1.54) is 12.1 Å². The predicted molar refractivity (Wildman–Crippen MR) is 114 cm³/mol. The van der Waals surface area contributed by atoms with Crippen LogP contribution in [0, 0.1) is 18.6 Å². The number of fused-ring (bicyclic) bond motifs is 1. The van der Waals surface area contributed by atoms with Gasteiger partial charge >= 0.3 is 0 Å². The molecule has 8 heteroatoms. The maximum absolute atomic E-state index is 13.3. The Balaban J connectivity index is 1.44. The van der Waals surface area contributed by atoms with Crippen molar-refractivity contribution >= 4 is 17.4 Å². The van der Waals surface area contributed by atoms with E-state index in [0.29, 0.717) is 17.8 Å². The van der Waals surface area contributed by atoms with Gasteiger partial charge in [-0.05, 0) is 30.2 Å². The summed E-state index contributed by atoms with van der Waals surface area (Å²) < 4.78 is 28.4. The smallest absolute Gasteiger partial charge is 0.222 e. The molecular formula is C23H21F2N5O. The van der Waals surface area contributed by atoms with Crippen LogP contribution >= 0.6 is 0 Å². The van der Waals surface area contributed by atoms with Gasteiger partial charge in [0.05, 0.1) is 6.20 Å². The summed E-state index contributed by atoms with van der Waals surface area (Å²) in [4.78, 5) is 21.0. The van der Waals surface area contributed by atoms with Crippen LogP contribution in [0.3, 0.4) is 0 Å². The highest BCUT2D eigenvalue weighted by atomic mass is 19.1. The Kier molecular flexibility index (Phi) is 5.88. The first kappa shape index (κ1) is 20.5. The highest BCUT2D eigenvalue weighted by Gasteiger charge is 2.15. The van der Waals surface area contributed by atoms with Crippen LogP contribution in [-0.4, -0.2) is 26.8 Å². The SMILES string of the molecule is Cc1ccccc1-c1nc2cnccn2c1NCCC(=O)NCc1cc(F)cc(F)c1. The second-order valence-corrected chi connectivity index (χ2v) is 7.16. The molecule has 158 valence electrons. The zero-order valence-electron chi connectivity index (χ0n) is 16.9. The lowest BCUT2D eigenvalue weighted by Gasteiger charge is -2.10. The number of anilines is 1. The van der Waals surface area contributed by atoms with Gasteiger partial charge in [-0.2, -0.15) is 0 Å². The van der Waals surface area contributed by atoms with Gasteiger partial charge in [0.1, 0.15) is 23.1 Å². The number of benzene rings is 2. The van der Waals surface area contributed by atoms with Crippen molar-refractivity contribution in [3.05, 3.63) is 83.8 Å². The van der Waals surface area contributed by atoms with Crippen molar-refractivity contribution in [1.82, 2.24) is 19.7 Å². The lowest BCUT2D eigenvalue weighted by molar-refractivity contribution is -0.121. The molecule has 6 nitrogen and oxygen atoms in total. The highest BCUT2D eigenvalue weighted by molar-refractivity contribution is 5.79. The summed E-state index contributed by atoms with van der Waals surface area (Å²) in [6, 6.07) is 11.1. The minimum atomic E-state index is -0.670. The molecule has 0 spiro atoms. The number of nitrogens with zero attached hydrogens (tertiary/aromatic N) is 3. The van der Waals surface area contributed by atoms with Crippen LogP contribution in [0.2, 0.25) is 0 Å². The summed E-state index contributed by atoms with van der Waals surface area (Å²) in [5.41, 5.74) is 3.92. The molecule has 4 rings (SSSR count). The van der Waals surface area contributed by atoms with E-state index in [2.05, 4.69) is 15.6 Å². The van der Waals surface area contributed by atoms with Crippen molar-refractivity contribution < 1.29 is 13.6 Å². The lowest BCUT2D eigenvalue weighted by atomic mass is 10.1. The van der Waals surface area contributed by atoms with Crippen molar-refractivity contribution in [2.75, 3.05) is 11.9 Å². The average Bonchev–Trinajstić information content (AvgIpc) is 3.10. The van der Waals surface area contributed by atoms with E-state index in [9.17, 15) is 13.6 Å². The first-order valence-electron chi connectivity index (χ1n) is 9.85. The number of rotatable bonds is 7. The second kappa shape index (κ2) is 8.91. The van der Waals surface area contributed by atoms with Crippen LogP contribution in [0.1, 0.15) is 17.5 Å². The van der Waals surface area contributed by atoms with Gasteiger partial charge in [0.25, 0.3) is 0 Å². The summed E-state index contributed by atoms with van der Waals surface area (Å²) in [5.74, 6) is -0.801. The van der Waals surface area contributed by atoms with Gasteiger partial charge in [0.2, 0.25) is 5.91 Å². The van der Waals surface area contributed by atoms with E-state index in [1.807, 2.05) is 41.8 Å². The topological polar surface area (TPSA) is 71.3 Å². The molecule has 2 aromatic heterocycles. The summed E-state index contributed by atoms with van der Waals surface area (Å²) in [6.45, 7) is 2.44. The molecule has 1 amide bonds. The number of halogens is 2. The quantitative estimate of drug-likeness (QED) is 0.471. The number of amides is 1. The lowest BCUT2D eigenvalue weighted by Crippen LogP contribution is -2.25. The fourth-order valence-electron chi connectivity index (χ4n) is 3.40. The first-order chi connectivity index (χ1) is 15.0. The Hall–Kier alpha value is -3.81. The molecule has 0 bridgehead atoms. The van der Waals surface area contributed by atoms with Crippen LogP contribution in [0.25, 0.3) is 16.9 Å². The van der Waals surface area contributed by atoms with Crippen LogP contribution in [0.15, 0.2) is 61.1 Å². The molecule has 0 fully saturated rings. The molecule has 2 heterocycles. The van der Waals surface area contributed by atoms with Crippen LogP contribution in [0.5, 0.6) is 0 Å². The molecule has 0 saturated heterocycles. The minimum Gasteiger partial charge on any atom is -0.369 e. The van der Waals surface area contributed by atoms with Gasteiger partial charge < -0.3 is 10.6 Å². The van der Waals surface area contributed by atoms with Gasteiger partial charge in [-0.3, -0.25) is 14.2 Å². The van der Waals surface area contributed by atoms with Gasteiger partial charge in [-0.25, -0.2) is 13.8 Å². The monoisotopic (exact) mass is 421 g/mol. The van der Waals surface area contributed by atoms with Crippen LogP contribution in [0.4, 0.5) is 14.6 Å². The molecule has 0 aliphatic rings. The Morgan fingerprint density at radius 1 is 1.13 bits per heavy atom. The third kappa shape index (κ3) is 4.69. The van der Waals surface area contributed by atoms with Crippen molar-refractivity contribution in [2.45, 2.75) is 19.9 Å². The summed E-state index contributed by atoms with van der Waals surface area (Å²) in [6.07, 6.45) is 5.35. The molecule has 0 aliphatic heterocycles. The number of aryl methyl sites for hydroxylation is 1. The molecular weight excluding hydrogens is 400 g/mol. The average molecular weight is 421 g/mol. The molecule has 0 atom stereocenters. The molecule has 31 heavy (non-hydrogen) atoms. The molecule has 0 aliphatic carbocycles. The molecule has 0 saturated carbocycles. The summed E-state index contributed by atoms with van der Waals surface area (Å²) in [7, 11) is 0. The van der Waals surface area contributed by atoms with E-state index in [1.54, 1.807) is 12.4 Å². The Labute approximate surface area is 178 Å². The number of carbonyl (C=O) groups excluding carboxylic acids is 1. The number of nitrogens with one attached hydrogen (secondary N) is 2. The summed E-state index contributed by atoms with van der Waals surface area (Å²) >= 11 is 0. The van der Waals surface area contributed by atoms with Crippen molar-refractivity contribution in [2.24, 2.45) is 0 Å². The fraction of sp³-hybridized carbons (Fsp3) is 0.174. The number of hydrogen-bond acceptors (Lipinski definition) is 4. The largest absolute Gasteiger partial charge is 0.369 e. The molecule has 0 unspecified atom stereocenters. The van der Waals surface area contributed by atoms with Gasteiger partial charge in [-0.15, -0.1) is 0 Å². The maximum Gasteiger partial charge on any atom is 0.222 e. The van der Waals surface area contributed by atoms with Gasteiger partial charge in [0.15, 0.2) is 5.65 Å². The molecule has 0 radical (unpaired) electrons. The summed E-state index contributed by atoms with van der Waals surface area (Å²) in [5, 5.41) is 5.98. The van der Waals surface area contributed by atoms with E-state index < -0.39 is 11.6 Å². The number of aromatic nitrogens is 3. The second-order valence-electron chi connectivity index (χ2n) is 7.16. The van der Waals surface area contributed by atoms with E-state index in [0.717, 1.165) is 28.7 Å². The van der Waals surface area contributed by atoms with Crippen molar-refractivity contribution in [3.8, 4) is 11.3 Å². The van der Waals surface area contributed by atoms with Gasteiger partial charge in [0, 0.05) is 43.5 Å². The van der Waals surface area contributed by atoms with Crippen LogP contribution in [-0.2, 0) is 11.3 Å². The molecule has 2 N–H and O–H groups in total. The van der Waals surface area contributed by atoms with E-state index in [4.69, 9.17) is 4.98 Å². The van der Waals surface area contributed by atoms with E-state index >= 15 is 0 Å². The Bertz CT molecular complexity index is 1220. The van der Waals surface area contributed by atoms with Crippen molar-refractivity contribution in [3.63, 3.8) is 0 Å². The number of imidazole rings is 1. The number of carbonyl (C=O) groups is 1. The zero-order valence-corrected chi connectivity index (χ0v) is 16.9. The third-order valence-corrected chi connectivity index (χ3v) is 4.89. The molecule has 4 aromatic rings. The minimum absolute atomic E-state index is 0.0588. The Morgan fingerprint density at radius 3 is 2.68 bits per heavy atom. The highest BCUT2D eigenvalue weighted by Crippen LogP contribution is 2.30. The van der Waals surface area contributed by atoms with E-state index in [-0.39, 0.29) is 18.9 Å². The van der Waals surface area contributed by atoms with Gasteiger partial charge in [-0.1, -0.05) is 24.3 Å². The fourth-order valence-corrected chi connectivity index (χ4v) is 3.40. The maximum atomic E-state index is 13.3. The first-order valence-corrected chi connectivity index (χ1v) is 9.85. The predicted octanol–water partition coefficient (Wildman–Crippen LogP) is 4.10. The standard InChI is InChI=1S/C23H21F2N5O/c1-15-4-2-3-5-19(15)22-23(30-9-8-26-14-20(30)29-22)27-7-6-21(31)28-13-16-10-17(24)12-18(25)11-16/h2-5,8-12,14,27H,6-7,13H2,1H3,(H,28,31). The zero-order chi connectivity index (χ0) is 21.8. The number of hydrogen-bond donors (Lipinski definition) is 2. The normalized spacial score (nSPS) is 10.9. The van der Waals surface area contributed by atoms with Crippen LogP contribution < -0.4 is 10.6 Å². The Morgan fingerprint density at radius 2 is 1.90 bits per heavy atom. The van der Waals surface area contributed by atoms with Crippen molar-refractivity contribution in [1.29, 1.82) is 0 Å². The third-order valence-electron chi connectivity index (χ3n) is 4.89.